The van der Waals surface area contributed by atoms with Crippen molar-refractivity contribution >= 4 is 27.7 Å². The van der Waals surface area contributed by atoms with Crippen LogP contribution in [0.3, 0.4) is 0 Å². The number of thioether (sulfide) groups is 1. The number of aromatic nitrogens is 1. The lowest BCUT2D eigenvalue weighted by Gasteiger charge is -2.27. The monoisotopic (exact) mass is 302 g/mol. The molecule has 2 atom stereocenters. The normalized spacial score (nSPS) is 23.0. The van der Waals surface area contributed by atoms with E-state index in [1.807, 2.05) is 18.0 Å². The molecule has 2 N–H and O–H groups in total. The fourth-order valence-electron chi connectivity index (χ4n) is 1.72. The summed E-state index contributed by atoms with van der Waals surface area (Å²) < 4.78 is 6.66. The molecular formula is C11H15BrN2OS. The summed E-state index contributed by atoms with van der Waals surface area (Å²) in [7, 11) is 0. The fourth-order valence-corrected chi connectivity index (χ4v) is 3.09. The molecule has 0 bridgehead atoms. The molecule has 3 nitrogen and oxygen atoms in total. The maximum absolute atomic E-state index is 6.15. The number of pyridine rings is 1. The van der Waals surface area contributed by atoms with Crippen molar-refractivity contribution in [2.24, 2.45) is 5.73 Å². The second-order valence-corrected chi connectivity index (χ2v) is 5.93. The SMILES string of the molecule is NC(Cc1cncc(Br)c1)C1CSCCO1. The maximum Gasteiger partial charge on any atom is 0.0819 e. The third kappa shape index (κ3) is 3.45. The van der Waals surface area contributed by atoms with Crippen molar-refractivity contribution in [2.75, 3.05) is 18.1 Å². The van der Waals surface area contributed by atoms with Crippen LogP contribution in [0.5, 0.6) is 0 Å². The van der Waals surface area contributed by atoms with Gasteiger partial charge in [0, 0.05) is 34.4 Å². The van der Waals surface area contributed by atoms with Crippen LogP contribution in [0.1, 0.15) is 5.56 Å². The molecule has 0 aliphatic carbocycles. The molecular weight excluding hydrogens is 288 g/mol. The summed E-state index contributed by atoms with van der Waals surface area (Å²) in [5, 5.41) is 0. The first-order valence-corrected chi connectivity index (χ1v) is 7.25. The Morgan fingerprint density at radius 3 is 3.19 bits per heavy atom. The van der Waals surface area contributed by atoms with Crippen molar-refractivity contribution in [3.05, 3.63) is 28.5 Å². The molecule has 1 aliphatic rings. The Labute approximate surface area is 108 Å². The van der Waals surface area contributed by atoms with Gasteiger partial charge in [0.15, 0.2) is 0 Å². The number of hydrogen-bond donors (Lipinski definition) is 1. The highest BCUT2D eigenvalue weighted by molar-refractivity contribution is 9.10. The first-order valence-electron chi connectivity index (χ1n) is 5.30. The molecule has 2 heterocycles. The number of nitrogens with zero attached hydrogens (tertiary/aromatic N) is 1. The van der Waals surface area contributed by atoms with Crippen LogP contribution in [-0.4, -0.2) is 35.2 Å². The largest absolute Gasteiger partial charge is 0.375 e. The van der Waals surface area contributed by atoms with E-state index in [1.54, 1.807) is 6.20 Å². The van der Waals surface area contributed by atoms with Crippen LogP contribution in [0.2, 0.25) is 0 Å². The average Bonchev–Trinajstić information content (AvgIpc) is 2.30. The number of halogens is 1. The minimum absolute atomic E-state index is 0.0592. The summed E-state index contributed by atoms with van der Waals surface area (Å²) in [6.07, 6.45) is 4.64. The van der Waals surface area contributed by atoms with Crippen molar-refractivity contribution in [3.8, 4) is 0 Å². The van der Waals surface area contributed by atoms with E-state index in [0.717, 1.165) is 34.6 Å². The molecule has 0 radical (unpaired) electrons. The van der Waals surface area contributed by atoms with E-state index < -0.39 is 0 Å². The topological polar surface area (TPSA) is 48.1 Å². The molecule has 1 fully saturated rings. The van der Waals surface area contributed by atoms with Crippen LogP contribution in [0.15, 0.2) is 22.9 Å². The van der Waals surface area contributed by atoms with Gasteiger partial charge in [0.25, 0.3) is 0 Å². The van der Waals surface area contributed by atoms with E-state index in [4.69, 9.17) is 10.5 Å². The minimum Gasteiger partial charge on any atom is -0.375 e. The Bertz CT molecular complexity index is 345. The molecule has 0 saturated carbocycles. The van der Waals surface area contributed by atoms with Gasteiger partial charge in [-0.05, 0) is 34.0 Å². The molecule has 1 aliphatic heterocycles. The fraction of sp³-hybridized carbons (Fsp3) is 0.545. The molecule has 16 heavy (non-hydrogen) atoms. The van der Waals surface area contributed by atoms with Gasteiger partial charge in [-0.3, -0.25) is 4.98 Å². The zero-order valence-corrected chi connectivity index (χ0v) is 11.3. The van der Waals surface area contributed by atoms with E-state index >= 15 is 0 Å². The summed E-state index contributed by atoms with van der Waals surface area (Å²) in [6.45, 7) is 0.819. The van der Waals surface area contributed by atoms with Crippen LogP contribution in [-0.2, 0) is 11.2 Å². The summed E-state index contributed by atoms with van der Waals surface area (Å²) in [5.74, 6) is 2.09. The van der Waals surface area contributed by atoms with E-state index in [9.17, 15) is 0 Å². The second-order valence-electron chi connectivity index (χ2n) is 3.86. The number of hydrogen-bond acceptors (Lipinski definition) is 4. The predicted octanol–water partition coefficient (Wildman–Crippen LogP) is 1.85. The van der Waals surface area contributed by atoms with E-state index in [2.05, 4.69) is 27.0 Å². The van der Waals surface area contributed by atoms with E-state index in [1.165, 1.54) is 0 Å². The first-order chi connectivity index (χ1) is 7.75. The van der Waals surface area contributed by atoms with Gasteiger partial charge in [-0.25, -0.2) is 0 Å². The van der Waals surface area contributed by atoms with Crippen molar-refractivity contribution in [1.82, 2.24) is 4.98 Å². The number of rotatable bonds is 3. The summed E-state index contributed by atoms with van der Waals surface area (Å²) in [6, 6.07) is 2.12. The molecule has 0 aromatic carbocycles. The Hall–Kier alpha value is -0.100. The highest BCUT2D eigenvalue weighted by Gasteiger charge is 2.21. The quantitative estimate of drug-likeness (QED) is 0.926. The standard InChI is InChI=1S/C11H15BrN2OS/c12-9-3-8(5-14-6-9)4-10(13)11-7-16-2-1-15-11/h3,5-6,10-11H,1-2,4,7,13H2. The van der Waals surface area contributed by atoms with Crippen LogP contribution < -0.4 is 5.73 Å². The van der Waals surface area contributed by atoms with Gasteiger partial charge in [0.05, 0.1) is 12.7 Å². The van der Waals surface area contributed by atoms with Crippen molar-refractivity contribution < 1.29 is 4.74 Å². The van der Waals surface area contributed by atoms with Crippen LogP contribution in [0.25, 0.3) is 0 Å². The highest BCUT2D eigenvalue weighted by atomic mass is 79.9. The molecule has 0 spiro atoms. The third-order valence-corrected chi connectivity index (χ3v) is 4.01. The van der Waals surface area contributed by atoms with E-state index in [-0.39, 0.29) is 12.1 Å². The molecule has 1 saturated heterocycles. The molecule has 2 unspecified atom stereocenters. The molecule has 1 aromatic rings. The summed E-state index contributed by atoms with van der Waals surface area (Å²) >= 11 is 5.32. The lowest BCUT2D eigenvalue weighted by atomic mass is 10.0. The molecule has 0 amide bonds. The Morgan fingerprint density at radius 1 is 1.62 bits per heavy atom. The van der Waals surface area contributed by atoms with Gasteiger partial charge in [-0.2, -0.15) is 11.8 Å². The van der Waals surface area contributed by atoms with Crippen LogP contribution >= 0.6 is 27.7 Å². The van der Waals surface area contributed by atoms with Crippen molar-refractivity contribution in [3.63, 3.8) is 0 Å². The molecule has 5 heteroatoms. The lowest BCUT2D eigenvalue weighted by Crippen LogP contribution is -2.42. The van der Waals surface area contributed by atoms with Gasteiger partial charge in [0.2, 0.25) is 0 Å². The predicted molar refractivity (Wildman–Crippen MR) is 70.7 cm³/mol. The molecule has 88 valence electrons. The highest BCUT2D eigenvalue weighted by Crippen LogP contribution is 2.17. The molecule has 1 aromatic heterocycles. The second kappa shape index (κ2) is 6.00. The van der Waals surface area contributed by atoms with Gasteiger partial charge < -0.3 is 10.5 Å². The Kier molecular flexibility index (Phi) is 4.64. The third-order valence-electron chi connectivity index (χ3n) is 2.55. The summed E-state index contributed by atoms with van der Waals surface area (Å²) in [4.78, 5) is 4.13. The summed E-state index contributed by atoms with van der Waals surface area (Å²) in [5.41, 5.74) is 7.30. The van der Waals surface area contributed by atoms with Crippen molar-refractivity contribution in [1.29, 1.82) is 0 Å². The molecule has 2 rings (SSSR count). The zero-order chi connectivity index (χ0) is 11.4. The lowest BCUT2D eigenvalue weighted by molar-refractivity contribution is 0.0571. The maximum atomic E-state index is 6.15. The van der Waals surface area contributed by atoms with Gasteiger partial charge in [0.1, 0.15) is 0 Å². The van der Waals surface area contributed by atoms with Crippen LogP contribution in [0, 0.1) is 0 Å². The van der Waals surface area contributed by atoms with Gasteiger partial charge in [-0.1, -0.05) is 0 Å². The number of ether oxygens (including phenoxy) is 1. The minimum atomic E-state index is 0.0592. The van der Waals surface area contributed by atoms with Crippen molar-refractivity contribution in [2.45, 2.75) is 18.6 Å². The van der Waals surface area contributed by atoms with Crippen LogP contribution in [0.4, 0.5) is 0 Å². The Morgan fingerprint density at radius 2 is 2.50 bits per heavy atom. The van der Waals surface area contributed by atoms with Gasteiger partial charge in [-0.15, -0.1) is 0 Å². The average molecular weight is 303 g/mol. The Balaban J connectivity index is 1.93. The van der Waals surface area contributed by atoms with E-state index in [0.29, 0.717) is 0 Å². The first kappa shape index (κ1) is 12.4. The van der Waals surface area contributed by atoms with Gasteiger partial charge >= 0.3 is 0 Å². The smallest absolute Gasteiger partial charge is 0.0819 e. The zero-order valence-electron chi connectivity index (χ0n) is 8.93. The number of nitrogens with two attached hydrogens (primary N) is 1.